The third kappa shape index (κ3) is 4.64. The van der Waals surface area contributed by atoms with Crippen molar-refractivity contribution in [1.82, 2.24) is 5.32 Å². The molecule has 0 unspecified atom stereocenters. The summed E-state index contributed by atoms with van der Waals surface area (Å²) >= 11 is 0. The van der Waals surface area contributed by atoms with Crippen LogP contribution in [-0.2, 0) is 4.79 Å². The minimum absolute atomic E-state index is 0.154. The van der Waals surface area contributed by atoms with Gasteiger partial charge in [0.25, 0.3) is 0 Å². The standard InChI is InChI=1S/C15H23N3O2/c1-2-20-14-10-12(7-8-13(14)16)17-9-3-4-15(19)18-11-5-6-11/h7-8,10-11,17H,2-6,9,16H2,1H3,(H,18,19). The summed E-state index contributed by atoms with van der Waals surface area (Å²) in [6.07, 6.45) is 3.65. The van der Waals surface area contributed by atoms with Crippen LogP contribution in [0.25, 0.3) is 0 Å². The Balaban J connectivity index is 1.70. The first-order valence-corrected chi connectivity index (χ1v) is 7.24. The molecule has 0 atom stereocenters. The number of rotatable bonds is 8. The van der Waals surface area contributed by atoms with Gasteiger partial charge in [0, 0.05) is 30.8 Å². The van der Waals surface area contributed by atoms with Gasteiger partial charge in [-0.15, -0.1) is 0 Å². The maximum atomic E-state index is 11.5. The van der Waals surface area contributed by atoms with Crippen molar-refractivity contribution in [1.29, 1.82) is 0 Å². The van der Waals surface area contributed by atoms with E-state index in [0.717, 1.165) is 31.5 Å². The Bertz CT molecular complexity index is 458. The van der Waals surface area contributed by atoms with Crippen LogP contribution in [0.4, 0.5) is 11.4 Å². The molecule has 0 saturated heterocycles. The Morgan fingerprint density at radius 2 is 2.25 bits per heavy atom. The van der Waals surface area contributed by atoms with Gasteiger partial charge >= 0.3 is 0 Å². The highest BCUT2D eigenvalue weighted by Crippen LogP contribution is 2.25. The van der Waals surface area contributed by atoms with E-state index in [1.165, 1.54) is 0 Å². The number of hydrogen-bond donors (Lipinski definition) is 3. The van der Waals surface area contributed by atoms with E-state index in [9.17, 15) is 4.79 Å². The molecule has 0 radical (unpaired) electrons. The lowest BCUT2D eigenvalue weighted by atomic mass is 10.2. The van der Waals surface area contributed by atoms with Crippen LogP contribution in [0.5, 0.6) is 5.75 Å². The molecule has 0 aliphatic heterocycles. The van der Waals surface area contributed by atoms with Gasteiger partial charge in [0.2, 0.25) is 5.91 Å². The van der Waals surface area contributed by atoms with Crippen molar-refractivity contribution in [3.8, 4) is 5.75 Å². The molecule has 1 saturated carbocycles. The Hall–Kier alpha value is -1.91. The van der Waals surface area contributed by atoms with E-state index in [0.29, 0.717) is 30.5 Å². The van der Waals surface area contributed by atoms with Crippen molar-refractivity contribution in [3.63, 3.8) is 0 Å². The van der Waals surface area contributed by atoms with Gasteiger partial charge in [0.15, 0.2) is 0 Å². The van der Waals surface area contributed by atoms with Crippen molar-refractivity contribution in [3.05, 3.63) is 18.2 Å². The van der Waals surface area contributed by atoms with E-state index in [1.807, 2.05) is 25.1 Å². The van der Waals surface area contributed by atoms with E-state index < -0.39 is 0 Å². The molecule has 4 N–H and O–H groups in total. The molecular weight excluding hydrogens is 254 g/mol. The summed E-state index contributed by atoms with van der Waals surface area (Å²) in [5.41, 5.74) is 7.42. The number of hydrogen-bond acceptors (Lipinski definition) is 4. The molecule has 1 aliphatic carbocycles. The van der Waals surface area contributed by atoms with Gasteiger partial charge in [-0.25, -0.2) is 0 Å². The van der Waals surface area contributed by atoms with Crippen LogP contribution in [0.3, 0.4) is 0 Å². The molecule has 0 heterocycles. The van der Waals surface area contributed by atoms with E-state index in [1.54, 1.807) is 0 Å². The molecule has 0 bridgehead atoms. The number of amides is 1. The first-order valence-electron chi connectivity index (χ1n) is 7.24. The third-order valence-electron chi connectivity index (χ3n) is 3.17. The van der Waals surface area contributed by atoms with Crippen molar-refractivity contribution < 1.29 is 9.53 Å². The third-order valence-corrected chi connectivity index (χ3v) is 3.17. The van der Waals surface area contributed by atoms with Crippen LogP contribution < -0.4 is 21.1 Å². The summed E-state index contributed by atoms with van der Waals surface area (Å²) in [4.78, 5) is 11.5. The molecule has 0 spiro atoms. The minimum Gasteiger partial charge on any atom is -0.492 e. The van der Waals surface area contributed by atoms with Crippen LogP contribution in [0.1, 0.15) is 32.6 Å². The number of nitrogens with one attached hydrogen (secondary N) is 2. The zero-order chi connectivity index (χ0) is 14.4. The van der Waals surface area contributed by atoms with E-state index >= 15 is 0 Å². The van der Waals surface area contributed by atoms with E-state index in [4.69, 9.17) is 10.5 Å². The number of carbonyl (C=O) groups is 1. The number of carbonyl (C=O) groups excluding carboxylic acids is 1. The summed E-state index contributed by atoms with van der Waals surface area (Å²) in [6, 6.07) is 6.08. The number of nitrogen functional groups attached to an aromatic ring is 1. The normalized spacial score (nSPS) is 13.8. The molecule has 5 nitrogen and oxygen atoms in total. The molecule has 110 valence electrons. The first-order chi connectivity index (χ1) is 9.69. The second-order valence-electron chi connectivity index (χ2n) is 5.06. The average molecular weight is 277 g/mol. The maximum Gasteiger partial charge on any atom is 0.220 e. The second-order valence-corrected chi connectivity index (χ2v) is 5.06. The van der Waals surface area contributed by atoms with Gasteiger partial charge in [-0.05, 0) is 38.3 Å². The Labute approximate surface area is 119 Å². The average Bonchev–Trinajstić information content (AvgIpc) is 3.22. The minimum atomic E-state index is 0.154. The number of ether oxygens (including phenoxy) is 1. The van der Waals surface area contributed by atoms with Crippen LogP contribution >= 0.6 is 0 Å². The highest BCUT2D eigenvalue weighted by Gasteiger charge is 2.22. The first kappa shape index (κ1) is 14.5. The molecule has 1 aliphatic rings. The molecule has 1 fully saturated rings. The highest BCUT2D eigenvalue weighted by molar-refractivity contribution is 5.76. The number of benzene rings is 1. The van der Waals surface area contributed by atoms with Gasteiger partial charge in [-0.1, -0.05) is 0 Å². The number of anilines is 2. The molecule has 20 heavy (non-hydrogen) atoms. The van der Waals surface area contributed by atoms with Crippen LogP contribution in [0.15, 0.2) is 18.2 Å². The Morgan fingerprint density at radius 1 is 1.45 bits per heavy atom. The summed E-state index contributed by atoms with van der Waals surface area (Å²) in [5, 5.41) is 6.26. The molecule has 1 aromatic carbocycles. The SMILES string of the molecule is CCOc1cc(NCCCC(=O)NC2CC2)ccc1N. The smallest absolute Gasteiger partial charge is 0.220 e. The van der Waals surface area contributed by atoms with Gasteiger partial charge in [0.05, 0.1) is 12.3 Å². The lowest BCUT2D eigenvalue weighted by Gasteiger charge is -2.11. The van der Waals surface area contributed by atoms with Gasteiger partial charge in [-0.3, -0.25) is 4.79 Å². The molecule has 0 aromatic heterocycles. The molecule has 1 aromatic rings. The summed E-state index contributed by atoms with van der Waals surface area (Å²) in [7, 11) is 0. The maximum absolute atomic E-state index is 11.5. The van der Waals surface area contributed by atoms with Crippen molar-refractivity contribution >= 4 is 17.3 Å². The lowest BCUT2D eigenvalue weighted by Crippen LogP contribution is -2.25. The van der Waals surface area contributed by atoms with Crippen LogP contribution in [0.2, 0.25) is 0 Å². The molecule has 5 heteroatoms. The van der Waals surface area contributed by atoms with Crippen LogP contribution in [0, 0.1) is 0 Å². The zero-order valence-electron chi connectivity index (χ0n) is 11.9. The fraction of sp³-hybridized carbons (Fsp3) is 0.533. The Morgan fingerprint density at radius 3 is 2.95 bits per heavy atom. The monoisotopic (exact) mass is 277 g/mol. The molecular formula is C15H23N3O2. The fourth-order valence-electron chi connectivity index (χ4n) is 1.93. The largest absolute Gasteiger partial charge is 0.492 e. The lowest BCUT2D eigenvalue weighted by molar-refractivity contribution is -0.121. The summed E-state index contributed by atoms with van der Waals surface area (Å²) in [5.74, 6) is 0.852. The molecule has 1 amide bonds. The number of nitrogens with two attached hydrogens (primary N) is 1. The zero-order valence-corrected chi connectivity index (χ0v) is 11.9. The quantitative estimate of drug-likeness (QED) is 0.502. The van der Waals surface area contributed by atoms with E-state index in [2.05, 4.69) is 10.6 Å². The molecule has 2 rings (SSSR count). The second kappa shape index (κ2) is 7.03. The Kier molecular flexibility index (Phi) is 5.09. The summed E-state index contributed by atoms with van der Waals surface area (Å²) < 4.78 is 5.44. The van der Waals surface area contributed by atoms with Crippen molar-refractivity contribution in [2.45, 2.75) is 38.6 Å². The highest BCUT2D eigenvalue weighted by atomic mass is 16.5. The van der Waals surface area contributed by atoms with Crippen molar-refractivity contribution in [2.24, 2.45) is 0 Å². The van der Waals surface area contributed by atoms with Gasteiger partial charge in [-0.2, -0.15) is 0 Å². The van der Waals surface area contributed by atoms with Gasteiger partial charge < -0.3 is 21.1 Å². The predicted molar refractivity (Wildman–Crippen MR) is 80.9 cm³/mol. The topological polar surface area (TPSA) is 76.4 Å². The fourth-order valence-corrected chi connectivity index (χ4v) is 1.93. The van der Waals surface area contributed by atoms with Gasteiger partial charge in [0.1, 0.15) is 5.75 Å². The summed E-state index contributed by atoms with van der Waals surface area (Å²) in [6.45, 7) is 3.28. The van der Waals surface area contributed by atoms with E-state index in [-0.39, 0.29) is 5.91 Å². The predicted octanol–water partition coefficient (Wildman–Crippen LogP) is 2.14. The van der Waals surface area contributed by atoms with Crippen LogP contribution in [-0.4, -0.2) is 25.1 Å². The van der Waals surface area contributed by atoms with Crippen molar-refractivity contribution in [2.75, 3.05) is 24.2 Å².